The molecule has 0 radical (unpaired) electrons. The zero-order valence-corrected chi connectivity index (χ0v) is 11.3. The van der Waals surface area contributed by atoms with Gasteiger partial charge in [0.15, 0.2) is 0 Å². The van der Waals surface area contributed by atoms with Crippen molar-refractivity contribution in [3.63, 3.8) is 0 Å². The average molecular weight is 238 g/mol. The molecule has 0 fully saturated rings. The van der Waals surface area contributed by atoms with E-state index in [1.807, 2.05) is 25.0 Å². The number of aromatic nitrogens is 1. The van der Waals surface area contributed by atoms with Crippen LogP contribution in [0.2, 0.25) is 0 Å². The van der Waals surface area contributed by atoms with Crippen LogP contribution in [0.1, 0.15) is 44.7 Å². The van der Waals surface area contributed by atoms with Gasteiger partial charge in [0.2, 0.25) is 0 Å². The topological polar surface area (TPSA) is 24.9 Å². The summed E-state index contributed by atoms with van der Waals surface area (Å²) in [4.78, 5) is 4.47. The molecule has 0 saturated heterocycles. The molecular weight excluding hydrogens is 216 g/mol. The first kappa shape index (κ1) is 13.5. The second-order valence-corrected chi connectivity index (χ2v) is 5.11. The number of nitrogens with zero attached hydrogens (tertiary/aromatic N) is 1. The number of rotatable bonds is 7. The van der Waals surface area contributed by atoms with Crippen LogP contribution in [0.25, 0.3) is 0 Å². The molecule has 0 bridgehead atoms. The van der Waals surface area contributed by atoms with Crippen LogP contribution in [-0.2, 0) is 0 Å². The Morgan fingerprint density at radius 3 is 2.75 bits per heavy atom. The van der Waals surface area contributed by atoms with Gasteiger partial charge in [-0.05, 0) is 37.8 Å². The molecule has 0 aliphatic carbocycles. The molecule has 0 saturated carbocycles. The summed E-state index contributed by atoms with van der Waals surface area (Å²) < 4.78 is 0. The fourth-order valence-electron chi connectivity index (χ4n) is 1.43. The second kappa shape index (κ2) is 7.69. The number of pyridine rings is 1. The smallest absolute Gasteiger partial charge is 0.0960 e. The van der Waals surface area contributed by atoms with Crippen LogP contribution in [0.5, 0.6) is 0 Å². The molecule has 1 N–H and O–H groups in total. The minimum Gasteiger partial charge on any atom is -0.313 e. The van der Waals surface area contributed by atoms with Crippen LogP contribution in [0.3, 0.4) is 0 Å². The van der Waals surface area contributed by atoms with E-state index < -0.39 is 0 Å². The molecule has 0 aromatic carbocycles. The van der Waals surface area contributed by atoms with Crippen molar-refractivity contribution in [3.8, 4) is 0 Å². The molecule has 1 heterocycles. The molecule has 16 heavy (non-hydrogen) atoms. The van der Waals surface area contributed by atoms with Crippen molar-refractivity contribution in [2.24, 2.45) is 0 Å². The lowest BCUT2D eigenvalue weighted by atomic mass is 10.1. The third-order valence-electron chi connectivity index (χ3n) is 2.69. The van der Waals surface area contributed by atoms with Gasteiger partial charge in [0.25, 0.3) is 0 Å². The van der Waals surface area contributed by atoms with Crippen molar-refractivity contribution in [2.75, 3.05) is 12.8 Å². The van der Waals surface area contributed by atoms with Crippen LogP contribution in [0.4, 0.5) is 0 Å². The Labute approximate surface area is 103 Å². The number of thioether (sulfide) groups is 1. The Bertz CT molecular complexity index is 284. The van der Waals surface area contributed by atoms with Crippen molar-refractivity contribution >= 4 is 11.8 Å². The monoisotopic (exact) mass is 238 g/mol. The summed E-state index contributed by atoms with van der Waals surface area (Å²) in [5.41, 5.74) is 1.25. The van der Waals surface area contributed by atoms with Gasteiger partial charge in [-0.15, -0.1) is 11.8 Å². The maximum atomic E-state index is 4.47. The SMILES string of the molecule is CCCCCSc1ccc(C(C)NC)cn1. The zero-order valence-electron chi connectivity index (χ0n) is 10.5. The third-order valence-corrected chi connectivity index (χ3v) is 3.72. The molecule has 1 unspecified atom stereocenters. The lowest BCUT2D eigenvalue weighted by Gasteiger charge is -2.10. The zero-order chi connectivity index (χ0) is 11.8. The molecule has 0 aliphatic heterocycles. The van der Waals surface area contributed by atoms with E-state index in [4.69, 9.17) is 0 Å². The molecule has 1 aromatic rings. The van der Waals surface area contributed by atoms with Gasteiger partial charge < -0.3 is 5.32 Å². The van der Waals surface area contributed by atoms with Gasteiger partial charge in [-0.3, -0.25) is 0 Å². The molecule has 1 rings (SSSR count). The van der Waals surface area contributed by atoms with Crippen molar-refractivity contribution in [2.45, 2.75) is 44.2 Å². The quantitative estimate of drug-likeness (QED) is 0.580. The summed E-state index contributed by atoms with van der Waals surface area (Å²) in [6.07, 6.45) is 5.87. The van der Waals surface area contributed by atoms with Gasteiger partial charge in [0.05, 0.1) is 5.03 Å². The Kier molecular flexibility index (Phi) is 6.50. The van der Waals surface area contributed by atoms with Crippen LogP contribution in [0, 0.1) is 0 Å². The molecule has 1 atom stereocenters. The van der Waals surface area contributed by atoms with Crippen molar-refractivity contribution < 1.29 is 0 Å². The van der Waals surface area contributed by atoms with E-state index >= 15 is 0 Å². The lowest BCUT2D eigenvalue weighted by Crippen LogP contribution is -2.12. The summed E-state index contributed by atoms with van der Waals surface area (Å²) in [6.45, 7) is 4.38. The van der Waals surface area contributed by atoms with Gasteiger partial charge in [0.1, 0.15) is 0 Å². The molecule has 90 valence electrons. The normalized spacial score (nSPS) is 12.7. The average Bonchev–Trinajstić information content (AvgIpc) is 2.34. The van der Waals surface area contributed by atoms with Gasteiger partial charge in [-0.2, -0.15) is 0 Å². The van der Waals surface area contributed by atoms with Crippen molar-refractivity contribution in [3.05, 3.63) is 23.9 Å². The maximum absolute atomic E-state index is 4.47. The van der Waals surface area contributed by atoms with E-state index in [1.165, 1.54) is 30.6 Å². The highest BCUT2D eigenvalue weighted by atomic mass is 32.2. The fraction of sp³-hybridized carbons (Fsp3) is 0.615. The van der Waals surface area contributed by atoms with Gasteiger partial charge in [-0.1, -0.05) is 25.8 Å². The molecule has 2 nitrogen and oxygen atoms in total. The van der Waals surface area contributed by atoms with Gasteiger partial charge >= 0.3 is 0 Å². The van der Waals surface area contributed by atoms with Crippen LogP contribution >= 0.6 is 11.8 Å². The van der Waals surface area contributed by atoms with E-state index in [-0.39, 0.29) is 0 Å². The number of unbranched alkanes of at least 4 members (excludes halogenated alkanes) is 2. The third kappa shape index (κ3) is 4.54. The Balaban J connectivity index is 2.39. The first-order valence-corrected chi connectivity index (χ1v) is 7.02. The van der Waals surface area contributed by atoms with E-state index in [0.717, 1.165) is 5.03 Å². The maximum Gasteiger partial charge on any atom is 0.0960 e. The predicted molar refractivity (Wildman–Crippen MR) is 72.0 cm³/mol. The van der Waals surface area contributed by atoms with Gasteiger partial charge in [-0.25, -0.2) is 4.98 Å². The lowest BCUT2D eigenvalue weighted by molar-refractivity contribution is 0.648. The highest BCUT2D eigenvalue weighted by Crippen LogP contribution is 2.19. The Morgan fingerprint density at radius 1 is 1.38 bits per heavy atom. The summed E-state index contributed by atoms with van der Waals surface area (Å²) >= 11 is 1.86. The molecular formula is C13H22N2S. The number of hydrogen-bond acceptors (Lipinski definition) is 3. The molecule has 1 aromatic heterocycles. The predicted octanol–water partition coefficient (Wildman–Crippen LogP) is 3.64. The van der Waals surface area contributed by atoms with Crippen LogP contribution in [-0.4, -0.2) is 17.8 Å². The second-order valence-electron chi connectivity index (χ2n) is 4.00. The van der Waals surface area contributed by atoms with Crippen molar-refractivity contribution in [1.82, 2.24) is 10.3 Å². The van der Waals surface area contributed by atoms with E-state index in [0.29, 0.717) is 6.04 Å². The Hall–Kier alpha value is -0.540. The van der Waals surface area contributed by atoms with E-state index in [9.17, 15) is 0 Å². The molecule has 3 heteroatoms. The first-order chi connectivity index (χ1) is 7.77. The van der Waals surface area contributed by atoms with Crippen LogP contribution < -0.4 is 5.32 Å². The fourth-order valence-corrected chi connectivity index (χ4v) is 2.28. The first-order valence-electron chi connectivity index (χ1n) is 6.04. The van der Waals surface area contributed by atoms with Crippen molar-refractivity contribution in [1.29, 1.82) is 0 Å². The highest BCUT2D eigenvalue weighted by molar-refractivity contribution is 7.99. The molecule has 0 aliphatic rings. The van der Waals surface area contributed by atoms with Gasteiger partial charge in [0, 0.05) is 12.2 Å². The Morgan fingerprint density at radius 2 is 2.19 bits per heavy atom. The van der Waals surface area contributed by atoms with E-state index in [1.54, 1.807) is 0 Å². The standard InChI is InChI=1S/C13H22N2S/c1-4-5-6-9-16-13-8-7-12(10-15-13)11(2)14-3/h7-8,10-11,14H,4-6,9H2,1-3H3. The van der Waals surface area contributed by atoms with E-state index in [2.05, 4.69) is 36.3 Å². The van der Waals surface area contributed by atoms with Crippen LogP contribution in [0.15, 0.2) is 23.4 Å². The summed E-state index contributed by atoms with van der Waals surface area (Å²) in [5, 5.41) is 4.36. The molecule has 0 spiro atoms. The summed E-state index contributed by atoms with van der Waals surface area (Å²) in [7, 11) is 1.97. The largest absolute Gasteiger partial charge is 0.313 e. The number of hydrogen-bond donors (Lipinski definition) is 1. The summed E-state index contributed by atoms with van der Waals surface area (Å²) in [5.74, 6) is 1.18. The minimum absolute atomic E-state index is 0.381. The minimum atomic E-state index is 0.381. The molecule has 0 amide bonds. The summed E-state index contributed by atoms with van der Waals surface area (Å²) in [6, 6.07) is 4.67. The highest BCUT2D eigenvalue weighted by Gasteiger charge is 2.02. The number of nitrogens with one attached hydrogen (secondary N) is 1.